The lowest BCUT2D eigenvalue weighted by Gasteiger charge is -2.07. The number of rotatable bonds is 5. The fourth-order valence-corrected chi connectivity index (χ4v) is 1.15. The summed E-state index contributed by atoms with van der Waals surface area (Å²) in [6.45, 7) is 4.01. The van der Waals surface area contributed by atoms with Gasteiger partial charge in [0, 0.05) is 5.69 Å². The monoisotopic (exact) mass is 222 g/mol. The molecule has 16 heavy (non-hydrogen) atoms. The first kappa shape index (κ1) is 12.0. The first-order valence-corrected chi connectivity index (χ1v) is 4.83. The van der Waals surface area contributed by atoms with Crippen LogP contribution in [0.5, 0.6) is 0 Å². The van der Waals surface area contributed by atoms with E-state index in [2.05, 4.69) is 10.2 Å². The zero-order valence-electron chi connectivity index (χ0n) is 9.24. The van der Waals surface area contributed by atoms with Gasteiger partial charge >= 0.3 is 5.97 Å². The highest BCUT2D eigenvalue weighted by Crippen LogP contribution is 2.13. The van der Waals surface area contributed by atoms with Gasteiger partial charge in [0.25, 0.3) is 0 Å². The molecule has 1 aromatic carbocycles. The Morgan fingerprint density at radius 3 is 2.75 bits per heavy atom. The SMILES string of the molecule is Cc1ccc(NCC(=O)ONC=O)cc1C. The number of anilines is 1. The molecule has 2 N–H and O–H groups in total. The summed E-state index contributed by atoms with van der Waals surface area (Å²) in [4.78, 5) is 25.2. The molecule has 5 nitrogen and oxygen atoms in total. The summed E-state index contributed by atoms with van der Waals surface area (Å²) >= 11 is 0. The summed E-state index contributed by atoms with van der Waals surface area (Å²) in [5, 5.41) is 2.89. The number of hydrogen-bond acceptors (Lipinski definition) is 4. The van der Waals surface area contributed by atoms with E-state index in [4.69, 9.17) is 0 Å². The van der Waals surface area contributed by atoms with E-state index >= 15 is 0 Å². The average Bonchev–Trinajstić information content (AvgIpc) is 2.28. The molecular formula is C11H14N2O3. The minimum atomic E-state index is -0.551. The number of nitrogens with one attached hydrogen (secondary N) is 2. The van der Waals surface area contributed by atoms with Crippen LogP contribution in [0.3, 0.4) is 0 Å². The number of hydrogen-bond donors (Lipinski definition) is 2. The molecule has 0 saturated carbocycles. The van der Waals surface area contributed by atoms with Crippen molar-refractivity contribution < 1.29 is 14.4 Å². The zero-order valence-corrected chi connectivity index (χ0v) is 9.24. The van der Waals surface area contributed by atoms with E-state index in [1.165, 1.54) is 5.56 Å². The van der Waals surface area contributed by atoms with Gasteiger partial charge in [-0.3, -0.25) is 4.79 Å². The van der Waals surface area contributed by atoms with Crippen LogP contribution in [-0.4, -0.2) is 18.9 Å². The molecule has 0 bridgehead atoms. The van der Waals surface area contributed by atoms with Crippen LogP contribution in [0.15, 0.2) is 18.2 Å². The summed E-state index contributed by atoms with van der Waals surface area (Å²) in [6, 6.07) is 5.78. The average molecular weight is 222 g/mol. The van der Waals surface area contributed by atoms with E-state index in [9.17, 15) is 9.59 Å². The number of aryl methyl sites for hydroxylation is 2. The Morgan fingerprint density at radius 1 is 1.38 bits per heavy atom. The van der Waals surface area contributed by atoms with Gasteiger partial charge in [-0.1, -0.05) is 6.07 Å². The van der Waals surface area contributed by atoms with E-state index < -0.39 is 5.97 Å². The number of hydroxylamine groups is 1. The summed E-state index contributed by atoms with van der Waals surface area (Å²) in [5.41, 5.74) is 5.01. The van der Waals surface area contributed by atoms with Gasteiger partial charge in [-0.15, -0.1) is 0 Å². The van der Waals surface area contributed by atoms with Gasteiger partial charge in [0.2, 0.25) is 6.41 Å². The van der Waals surface area contributed by atoms with Gasteiger partial charge in [0.05, 0.1) is 0 Å². The van der Waals surface area contributed by atoms with Crippen LogP contribution in [0.2, 0.25) is 0 Å². The Morgan fingerprint density at radius 2 is 2.12 bits per heavy atom. The van der Waals surface area contributed by atoms with Crippen molar-refractivity contribution in [2.45, 2.75) is 13.8 Å². The van der Waals surface area contributed by atoms with Crippen molar-refractivity contribution in [2.24, 2.45) is 0 Å². The molecule has 0 aliphatic heterocycles. The normalized spacial score (nSPS) is 9.38. The predicted octanol–water partition coefficient (Wildman–Crippen LogP) is 0.920. The van der Waals surface area contributed by atoms with Gasteiger partial charge in [0.15, 0.2) is 0 Å². The van der Waals surface area contributed by atoms with E-state index in [0.717, 1.165) is 11.3 Å². The number of carbonyl (C=O) groups is 2. The molecule has 0 aliphatic carbocycles. The second kappa shape index (κ2) is 5.75. The summed E-state index contributed by atoms with van der Waals surface area (Å²) in [5.74, 6) is -0.551. The Hall–Kier alpha value is -2.04. The third-order valence-electron chi connectivity index (χ3n) is 2.16. The number of benzene rings is 1. The highest BCUT2D eigenvalue weighted by Gasteiger charge is 2.02. The Labute approximate surface area is 93.7 Å². The fourth-order valence-electron chi connectivity index (χ4n) is 1.15. The van der Waals surface area contributed by atoms with Crippen molar-refractivity contribution in [3.05, 3.63) is 29.3 Å². The van der Waals surface area contributed by atoms with E-state index in [-0.39, 0.29) is 6.54 Å². The van der Waals surface area contributed by atoms with E-state index in [0.29, 0.717) is 6.41 Å². The standard InChI is InChI=1S/C11H14N2O3/c1-8-3-4-10(5-9(8)2)12-6-11(15)16-13-7-14/h3-5,7,12H,6H2,1-2H3,(H,13,14). The van der Waals surface area contributed by atoms with Gasteiger partial charge in [0.1, 0.15) is 6.54 Å². The lowest BCUT2D eigenvalue weighted by molar-refractivity contribution is -0.152. The molecule has 0 unspecified atom stereocenters. The second-order valence-electron chi connectivity index (χ2n) is 3.36. The molecule has 0 spiro atoms. The van der Waals surface area contributed by atoms with Crippen molar-refractivity contribution in [3.8, 4) is 0 Å². The topological polar surface area (TPSA) is 67.4 Å². The van der Waals surface area contributed by atoms with Gasteiger partial charge in [-0.05, 0) is 37.1 Å². The molecule has 0 saturated heterocycles. The van der Waals surface area contributed by atoms with Crippen LogP contribution in [0.25, 0.3) is 0 Å². The molecular weight excluding hydrogens is 208 g/mol. The van der Waals surface area contributed by atoms with E-state index in [1.807, 2.05) is 37.5 Å². The van der Waals surface area contributed by atoms with Gasteiger partial charge < -0.3 is 10.2 Å². The summed E-state index contributed by atoms with van der Waals surface area (Å²) in [6.07, 6.45) is 0.300. The molecule has 0 aliphatic rings. The van der Waals surface area contributed by atoms with Gasteiger partial charge in [-0.2, -0.15) is 5.48 Å². The minimum absolute atomic E-state index is 0.00331. The summed E-state index contributed by atoms with van der Waals surface area (Å²) < 4.78 is 0. The summed E-state index contributed by atoms with van der Waals surface area (Å²) in [7, 11) is 0. The molecule has 0 fully saturated rings. The van der Waals surface area contributed by atoms with Crippen molar-refractivity contribution in [3.63, 3.8) is 0 Å². The molecule has 1 aromatic rings. The third kappa shape index (κ3) is 3.61. The second-order valence-corrected chi connectivity index (χ2v) is 3.36. The van der Waals surface area contributed by atoms with Crippen LogP contribution in [0.4, 0.5) is 5.69 Å². The molecule has 0 atom stereocenters. The Bertz CT molecular complexity index is 391. The third-order valence-corrected chi connectivity index (χ3v) is 2.16. The number of amides is 1. The lowest BCUT2D eigenvalue weighted by atomic mass is 10.1. The Kier molecular flexibility index (Phi) is 4.32. The molecule has 0 heterocycles. The lowest BCUT2D eigenvalue weighted by Crippen LogP contribution is -2.24. The molecule has 5 heteroatoms. The highest BCUT2D eigenvalue weighted by molar-refractivity contribution is 5.75. The quantitative estimate of drug-likeness (QED) is 0.574. The first-order valence-electron chi connectivity index (χ1n) is 4.83. The van der Waals surface area contributed by atoms with Crippen LogP contribution >= 0.6 is 0 Å². The molecule has 1 amide bonds. The molecule has 0 aromatic heterocycles. The number of carbonyl (C=O) groups excluding carboxylic acids is 2. The maximum Gasteiger partial charge on any atom is 0.351 e. The smallest absolute Gasteiger partial charge is 0.351 e. The molecule has 1 rings (SSSR count). The maximum atomic E-state index is 11.0. The predicted molar refractivity (Wildman–Crippen MR) is 59.7 cm³/mol. The van der Waals surface area contributed by atoms with Crippen LogP contribution in [0.1, 0.15) is 11.1 Å². The zero-order chi connectivity index (χ0) is 12.0. The largest absolute Gasteiger partial charge is 0.375 e. The van der Waals surface area contributed by atoms with Crippen molar-refractivity contribution >= 4 is 18.1 Å². The molecule has 0 radical (unpaired) electrons. The van der Waals surface area contributed by atoms with E-state index in [1.54, 1.807) is 0 Å². The highest BCUT2D eigenvalue weighted by atomic mass is 16.7. The maximum absolute atomic E-state index is 11.0. The van der Waals surface area contributed by atoms with Crippen LogP contribution < -0.4 is 10.8 Å². The van der Waals surface area contributed by atoms with Crippen LogP contribution in [0, 0.1) is 13.8 Å². The molecule has 86 valence electrons. The van der Waals surface area contributed by atoms with Crippen LogP contribution in [-0.2, 0) is 14.4 Å². The van der Waals surface area contributed by atoms with Crippen molar-refractivity contribution in [1.82, 2.24) is 5.48 Å². The fraction of sp³-hybridized carbons (Fsp3) is 0.273. The van der Waals surface area contributed by atoms with Crippen molar-refractivity contribution in [2.75, 3.05) is 11.9 Å². The van der Waals surface area contributed by atoms with Crippen molar-refractivity contribution in [1.29, 1.82) is 0 Å². The Balaban J connectivity index is 2.45. The minimum Gasteiger partial charge on any atom is -0.375 e. The first-order chi connectivity index (χ1) is 7.63. The van der Waals surface area contributed by atoms with Gasteiger partial charge in [-0.25, -0.2) is 4.79 Å².